The van der Waals surface area contributed by atoms with Gasteiger partial charge >= 0.3 is 0 Å². The van der Waals surface area contributed by atoms with Gasteiger partial charge in [-0.2, -0.15) is 0 Å². The van der Waals surface area contributed by atoms with Gasteiger partial charge in [0, 0.05) is 29.4 Å². The van der Waals surface area contributed by atoms with E-state index in [0.29, 0.717) is 31.1 Å². The van der Waals surface area contributed by atoms with Gasteiger partial charge in [0.25, 0.3) is 9.05 Å². The molecule has 1 amide bonds. The molecule has 0 aliphatic heterocycles. The van der Waals surface area contributed by atoms with Gasteiger partial charge in [0.1, 0.15) is 5.75 Å². The molecule has 0 spiro atoms. The van der Waals surface area contributed by atoms with Gasteiger partial charge in [0.05, 0.1) is 25.0 Å². The zero-order chi connectivity index (χ0) is 15.9. The minimum atomic E-state index is -3.85. The average Bonchev–Trinajstić information content (AvgIpc) is 2.42. The number of carbonyl (C=O) groups is 1. The highest BCUT2D eigenvalue weighted by atomic mass is 35.7. The second-order valence-electron chi connectivity index (χ2n) is 4.14. The molecule has 0 heterocycles. The fraction of sp³-hybridized carbons (Fsp3) is 0.462. The number of amides is 1. The molecule has 118 valence electrons. The highest BCUT2D eigenvalue weighted by Gasteiger charge is 2.15. The van der Waals surface area contributed by atoms with Crippen molar-refractivity contribution < 1.29 is 22.7 Å². The lowest BCUT2D eigenvalue weighted by Gasteiger charge is -2.10. The third kappa shape index (κ3) is 5.91. The van der Waals surface area contributed by atoms with Crippen LogP contribution in [0.5, 0.6) is 5.75 Å². The summed E-state index contributed by atoms with van der Waals surface area (Å²) < 4.78 is 32.9. The van der Waals surface area contributed by atoms with Crippen molar-refractivity contribution in [2.75, 3.05) is 26.9 Å². The Morgan fingerprint density at radius 1 is 1.38 bits per heavy atom. The van der Waals surface area contributed by atoms with Crippen molar-refractivity contribution >= 4 is 25.6 Å². The molecule has 0 radical (unpaired) electrons. The highest BCUT2D eigenvalue weighted by molar-refractivity contribution is 8.13. The highest BCUT2D eigenvalue weighted by Crippen LogP contribution is 2.24. The smallest absolute Gasteiger partial charge is 0.261 e. The second kappa shape index (κ2) is 8.21. The summed E-state index contributed by atoms with van der Waals surface area (Å²) in [6.45, 7) is 3.27. The molecule has 0 fully saturated rings. The van der Waals surface area contributed by atoms with Crippen LogP contribution in [-0.4, -0.2) is 41.2 Å². The summed E-state index contributed by atoms with van der Waals surface area (Å²) >= 11 is 0. The number of carbonyl (C=O) groups excluding carboxylic acids is 1. The van der Waals surface area contributed by atoms with E-state index in [4.69, 9.17) is 20.2 Å². The third-order valence-electron chi connectivity index (χ3n) is 2.66. The van der Waals surface area contributed by atoms with Gasteiger partial charge in [0.2, 0.25) is 5.91 Å². The summed E-state index contributed by atoms with van der Waals surface area (Å²) in [6, 6.07) is 4.14. The zero-order valence-electron chi connectivity index (χ0n) is 11.9. The van der Waals surface area contributed by atoms with E-state index >= 15 is 0 Å². The van der Waals surface area contributed by atoms with Gasteiger partial charge in [-0.25, -0.2) is 8.42 Å². The first-order chi connectivity index (χ1) is 9.88. The number of halogens is 1. The van der Waals surface area contributed by atoms with Gasteiger partial charge in [-0.1, -0.05) is 0 Å². The van der Waals surface area contributed by atoms with E-state index in [1.54, 1.807) is 0 Å². The minimum absolute atomic E-state index is 0.00442. The molecular formula is C13H18ClNO5S. The monoisotopic (exact) mass is 335 g/mol. The number of nitrogens with one attached hydrogen (secondary N) is 1. The van der Waals surface area contributed by atoms with E-state index in [0.717, 1.165) is 0 Å². The molecule has 0 aliphatic carbocycles. The van der Waals surface area contributed by atoms with Crippen LogP contribution in [-0.2, 0) is 25.0 Å². The standard InChI is InChI=1S/C13H18ClNO5S/c1-3-20-7-6-15-13(16)9-10-8-11(21(14,17)18)4-5-12(10)19-2/h4-5,8H,3,6-7,9H2,1-2H3,(H,15,16). The first-order valence-corrected chi connectivity index (χ1v) is 8.65. The van der Waals surface area contributed by atoms with Crippen LogP contribution in [0.25, 0.3) is 0 Å². The Morgan fingerprint density at radius 3 is 2.67 bits per heavy atom. The molecule has 0 bridgehead atoms. The lowest BCUT2D eigenvalue weighted by atomic mass is 10.1. The third-order valence-corrected chi connectivity index (χ3v) is 4.01. The molecule has 8 heteroatoms. The predicted molar refractivity (Wildman–Crippen MR) is 79.2 cm³/mol. The Morgan fingerprint density at radius 2 is 2.10 bits per heavy atom. The van der Waals surface area contributed by atoms with Gasteiger partial charge in [-0.15, -0.1) is 0 Å². The largest absolute Gasteiger partial charge is 0.496 e. The first kappa shape index (κ1) is 17.7. The molecule has 0 unspecified atom stereocenters. The maximum Gasteiger partial charge on any atom is 0.261 e. The summed E-state index contributed by atoms with van der Waals surface area (Å²) in [5, 5.41) is 2.67. The second-order valence-corrected chi connectivity index (χ2v) is 6.70. The molecule has 0 aromatic heterocycles. The summed E-state index contributed by atoms with van der Waals surface area (Å²) in [5.41, 5.74) is 0.452. The number of methoxy groups -OCH3 is 1. The molecular weight excluding hydrogens is 318 g/mol. The summed E-state index contributed by atoms with van der Waals surface area (Å²) in [7, 11) is 2.90. The van der Waals surface area contributed by atoms with Crippen molar-refractivity contribution in [3.63, 3.8) is 0 Å². The van der Waals surface area contributed by atoms with Crippen molar-refractivity contribution in [2.24, 2.45) is 0 Å². The van der Waals surface area contributed by atoms with Crippen LogP contribution < -0.4 is 10.1 Å². The topological polar surface area (TPSA) is 81.7 Å². The van der Waals surface area contributed by atoms with E-state index in [1.165, 1.54) is 25.3 Å². The number of rotatable bonds is 8. The molecule has 1 rings (SSSR count). The van der Waals surface area contributed by atoms with Crippen LogP contribution in [0.4, 0.5) is 0 Å². The number of hydrogen-bond donors (Lipinski definition) is 1. The SMILES string of the molecule is CCOCCNC(=O)Cc1cc(S(=O)(=O)Cl)ccc1OC. The van der Waals surface area contributed by atoms with E-state index in [2.05, 4.69) is 5.32 Å². The van der Waals surface area contributed by atoms with E-state index in [9.17, 15) is 13.2 Å². The molecule has 0 aliphatic rings. The summed E-state index contributed by atoms with van der Waals surface area (Å²) in [6.07, 6.45) is -0.00442. The minimum Gasteiger partial charge on any atom is -0.496 e. The van der Waals surface area contributed by atoms with Crippen molar-refractivity contribution in [1.82, 2.24) is 5.32 Å². The summed E-state index contributed by atoms with van der Waals surface area (Å²) in [5.74, 6) is 0.177. The Hall–Kier alpha value is -1.31. The van der Waals surface area contributed by atoms with Crippen LogP contribution in [0.2, 0.25) is 0 Å². The predicted octanol–water partition coefficient (Wildman–Crippen LogP) is 1.32. The first-order valence-electron chi connectivity index (χ1n) is 6.34. The van der Waals surface area contributed by atoms with Gasteiger partial charge in [-0.3, -0.25) is 4.79 Å². The lowest BCUT2D eigenvalue weighted by molar-refractivity contribution is -0.120. The Bertz CT molecular complexity index is 588. The maximum atomic E-state index is 11.8. The van der Waals surface area contributed by atoms with Crippen LogP contribution >= 0.6 is 10.7 Å². The Labute approximate surface area is 128 Å². The number of ether oxygens (including phenoxy) is 2. The van der Waals surface area contributed by atoms with Crippen LogP contribution in [0.1, 0.15) is 12.5 Å². The quantitative estimate of drug-likeness (QED) is 0.572. The van der Waals surface area contributed by atoms with Gasteiger partial charge in [0.15, 0.2) is 0 Å². The van der Waals surface area contributed by atoms with Crippen LogP contribution in [0, 0.1) is 0 Å². The maximum absolute atomic E-state index is 11.8. The zero-order valence-corrected chi connectivity index (χ0v) is 13.5. The van der Waals surface area contributed by atoms with Crippen molar-refractivity contribution in [2.45, 2.75) is 18.2 Å². The molecule has 1 aromatic carbocycles. The fourth-order valence-electron chi connectivity index (χ4n) is 1.69. The van der Waals surface area contributed by atoms with E-state index in [-0.39, 0.29) is 17.2 Å². The Kier molecular flexibility index (Phi) is 6.94. The average molecular weight is 336 g/mol. The molecule has 0 saturated carbocycles. The molecule has 6 nitrogen and oxygen atoms in total. The van der Waals surface area contributed by atoms with Crippen LogP contribution in [0.15, 0.2) is 23.1 Å². The van der Waals surface area contributed by atoms with Gasteiger partial charge < -0.3 is 14.8 Å². The van der Waals surface area contributed by atoms with Gasteiger partial charge in [-0.05, 0) is 25.1 Å². The van der Waals surface area contributed by atoms with E-state index in [1.807, 2.05) is 6.92 Å². The van der Waals surface area contributed by atoms with Crippen molar-refractivity contribution in [3.05, 3.63) is 23.8 Å². The van der Waals surface area contributed by atoms with E-state index < -0.39 is 9.05 Å². The Balaban J connectivity index is 2.78. The molecule has 1 aromatic rings. The number of benzene rings is 1. The number of hydrogen-bond acceptors (Lipinski definition) is 5. The summed E-state index contributed by atoms with van der Waals surface area (Å²) in [4.78, 5) is 11.7. The van der Waals surface area contributed by atoms with Crippen molar-refractivity contribution in [1.29, 1.82) is 0 Å². The van der Waals surface area contributed by atoms with Crippen molar-refractivity contribution in [3.8, 4) is 5.75 Å². The normalized spacial score (nSPS) is 11.2. The molecule has 1 N–H and O–H groups in total. The van der Waals surface area contributed by atoms with Crippen LogP contribution in [0.3, 0.4) is 0 Å². The molecule has 0 atom stereocenters. The lowest BCUT2D eigenvalue weighted by Crippen LogP contribution is -2.28. The molecule has 21 heavy (non-hydrogen) atoms. The molecule has 0 saturated heterocycles. The fourth-order valence-corrected chi connectivity index (χ4v) is 2.49.